The Bertz CT molecular complexity index is 910. The highest BCUT2D eigenvalue weighted by Crippen LogP contribution is 2.29. The molecule has 0 aliphatic carbocycles. The summed E-state index contributed by atoms with van der Waals surface area (Å²) in [7, 11) is -1.17. The van der Waals surface area contributed by atoms with Crippen LogP contribution in [0.3, 0.4) is 0 Å². The molecule has 0 spiro atoms. The number of hydrogen-bond acceptors (Lipinski definition) is 5. The number of halogens is 1. The maximum Gasteiger partial charge on any atom is 0.339 e. The molecule has 2 aromatic carbocycles. The number of rotatable bonds is 7. The first-order valence-corrected chi connectivity index (χ1v) is 9.32. The van der Waals surface area contributed by atoms with Gasteiger partial charge in [-0.2, -0.15) is 0 Å². The van der Waals surface area contributed by atoms with Crippen LogP contribution in [-0.2, 0) is 14.8 Å². The molecule has 2 rings (SSSR count). The van der Waals surface area contributed by atoms with Crippen LogP contribution in [0.25, 0.3) is 0 Å². The van der Waals surface area contributed by atoms with Crippen LogP contribution in [0, 0.1) is 0 Å². The van der Waals surface area contributed by atoms with E-state index >= 15 is 0 Å². The van der Waals surface area contributed by atoms with Gasteiger partial charge in [-0.3, -0.25) is 4.31 Å². The maximum atomic E-state index is 13.0. The normalized spacial score (nSPS) is 10.9. The van der Waals surface area contributed by atoms with Gasteiger partial charge in [0.15, 0.2) is 0 Å². The highest BCUT2D eigenvalue weighted by Gasteiger charge is 2.25. The number of carbonyl (C=O) groups is 1. The third-order valence-corrected chi connectivity index (χ3v) is 5.72. The zero-order valence-electron chi connectivity index (χ0n) is 14.3. The number of esters is 1. The van der Waals surface area contributed by atoms with Gasteiger partial charge in [0, 0.05) is 0 Å². The van der Waals surface area contributed by atoms with Gasteiger partial charge in [-0.05, 0) is 42.5 Å². The Balaban J connectivity index is 2.53. The summed E-state index contributed by atoms with van der Waals surface area (Å²) in [5.74, 6) is -0.115. The highest BCUT2D eigenvalue weighted by atomic mass is 35.5. The third-order valence-electron chi connectivity index (χ3n) is 3.59. The number of nitrogens with zero attached hydrogens (tertiary/aromatic N) is 1. The second kappa shape index (κ2) is 8.25. The lowest BCUT2D eigenvalue weighted by Crippen LogP contribution is -2.31. The molecule has 0 radical (unpaired) electrons. The highest BCUT2D eigenvalue weighted by molar-refractivity contribution is 7.92. The van der Waals surface area contributed by atoms with E-state index < -0.39 is 16.0 Å². The average Bonchev–Trinajstić information content (AvgIpc) is 2.66. The van der Waals surface area contributed by atoms with Crippen molar-refractivity contribution in [2.24, 2.45) is 0 Å². The molecule has 26 heavy (non-hydrogen) atoms. The van der Waals surface area contributed by atoms with Gasteiger partial charge in [0.05, 0.1) is 41.9 Å². The van der Waals surface area contributed by atoms with Crippen molar-refractivity contribution >= 4 is 33.3 Å². The number of hydrogen-bond donors (Lipinski definition) is 0. The Morgan fingerprint density at radius 2 is 1.85 bits per heavy atom. The first kappa shape index (κ1) is 19.8. The second-order valence-electron chi connectivity index (χ2n) is 5.16. The van der Waals surface area contributed by atoms with Crippen molar-refractivity contribution < 1.29 is 22.7 Å². The standard InChI is InChI=1S/C18H18ClNO5S/c1-4-11-20(13-5-10-17(19)16(12-13)18(21)25-3)26(22,23)15-8-6-14(24-2)7-9-15/h4-10,12H,1,11H2,2-3H3. The van der Waals surface area contributed by atoms with E-state index in [1.807, 2.05) is 0 Å². The Hall–Kier alpha value is -2.51. The van der Waals surface area contributed by atoms with Crippen molar-refractivity contribution in [2.45, 2.75) is 4.90 Å². The van der Waals surface area contributed by atoms with Crippen LogP contribution < -0.4 is 9.04 Å². The van der Waals surface area contributed by atoms with Gasteiger partial charge in [0.25, 0.3) is 10.0 Å². The molecule has 138 valence electrons. The molecule has 8 heteroatoms. The van der Waals surface area contributed by atoms with Gasteiger partial charge in [-0.25, -0.2) is 13.2 Å². The summed E-state index contributed by atoms with van der Waals surface area (Å²) in [5.41, 5.74) is 0.344. The van der Waals surface area contributed by atoms with Gasteiger partial charge in [0.2, 0.25) is 0 Å². The number of anilines is 1. The van der Waals surface area contributed by atoms with Crippen LogP contribution in [0.2, 0.25) is 5.02 Å². The second-order valence-corrected chi connectivity index (χ2v) is 7.43. The first-order valence-electron chi connectivity index (χ1n) is 7.50. The quantitative estimate of drug-likeness (QED) is 0.529. The molecule has 0 aromatic heterocycles. The van der Waals surface area contributed by atoms with Gasteiger partial charge in [-0.1, -0.05) is 17.7 Å². The molecule has 0 amide bonds. The van der Waals surface area contributed by atoms with E-state index in [2.05, 4.69) is 11.3 Å². The molecule has 0 saturated carbocycles. The molecular formula is C18H18ClNO5S. The summed E-state index contributed by atoms with van der Waals surface area (Å²) < 4.78 is 37.0. The fourth-order valence-electron chi connectivity index (χ4n) is 2.27. The van der Waals surface area contributed by atoms with E-state index in [1.54, 1.807) is 12.1 Å². The van der Waals surface area contributed by atoms with Crippen LogP contribution in [0.15, 0.2) is 60.0 Å². The van der Waals surface area contributed by atoms with Crippen molar-refractivity contribution in [1.29, 1.82) is 0 Å². The van der Waals surface area contributed by atoms with E-state index in [4.69, 9.17) is 16.3 Å². The molecule has 0 unspecified atom stereocenters. The summed E-state index contributed by atoms with van der Waals surface area (Å²) >= 11 is 6.01. The van der Waals surface area contributed by atoms with E-state index in [1.165, 1.54) is 50.6 Å². The van der Waals surface area contributed by atoms with Gasteiger partial charge in [-0.15, -0.1) is 6.58 Å². The minimum Gasteiger partial charge on any atom is -0.497 e. The summed E-state index contributed by atoms with van der Waals surface area (Å²) in [5, 5.41) is 0.168. The molecule has 0 heterocycles. The van der Waals surface area contributed by atoms with E-state index in [9.17, 15) is 13.2 Å². The van der Waals surface area contributed by atoms with Crippen LogP contribution in [0.5, 0.6) is 5.75 Å². The monoisotopic (exact) mass is 395 g/mol. The largest absolute Gasteiger partial charge is 0.497 e. The zero-order chi connectivity index (χ0) is 19.3. The smallest absolute Gasteiger partial charge is 0.339 e. The van der Waals surface area contributed by atoms with Gasteiger partial charge >= 0.3 is 5.97 Å². The van der Waals surface area contributed by atoms with Crippen LogP contribution >= 0.6 is 11.6 Å². The van der Waals surface area contributed by atoms with Crippen molar-refractivity contribution in [3.63, 3.8) is 0 Å². The molecule has 0 N–H and O–H groups in total. The Morgan fingerprint density at radius 3 is 2.38 bits per heavy atom. The predicted molar refractivity (Wildman–Crippen MR) is 101 cm³/mol. The van der Waals surface area contributed by atoms with E-state index in [-0.39, 0.29) is 27.7 Å². The predicted octanol–water partition coefficient (Wildman–Crippen LogP) is 3.52. The third kappa shape index (κ3) is 4.00. The molecular weight excluding hydrogens is 378 g/mol. The number of benzene rings is 2. The number of carbonyl (C=O) groups excluding carboxylic acids is 1. The van der Waals surface area contributed by atoms with E-state index in [0.29, 0.717) is 5.75 Å². The summed E-state index contributed by atoms with van der Waals surface area (Å²) in [6, 6.07) is 10.3. The maximum absolute atomic E-state index is 13.0. The van der Waals surface area contributed by atoms with Crippen molar-refractivity contribution in [1.82, 2.24) is 0 Å². The van der Waals surface area contributed by atoms with Crippen molar-refractivity contribution in [3.05, 3.63) is 65.7 Å². The number of ether oxygens (including phenoxy) is 2. The Kier molecular flexibility index (Phi) is 6.28. The Labute approximate surface area is 157 Å². The average molecular weight is 396 g/mol. The molecule has 0 bridgehead atoms. The summed E-state index contributed by atoms with van der Waals surface area (Å²) in [6.07, 6.45) is 1.45. The molecule has 0 aliphatic heterocycles. The van der Waals surface area contributed by atoms with E-state index in [0.717, 1.165) is 4.31 Å². The number of methoxy groups -OCH3 is 2. The van der Waals surface area contributed by atoms with Gasteiger partial charge in [0.1, 0.15) is 5.75 Å². The van der Waals surface area contributed by atoms with Crippen molar-refractivity contribution in [3.8, 4) is 5.75 Å². The molecule has 0 saturated heterocycles. The number of sulfonamides is 1. The first-order chi connectivity index (χ1) is 12.3. The lowest BCUT2D eigenvalue weighted by atomic mass is 10.2. The molecule has 0 aliphatic rings. The minimum absolute atomic E-state index is 0.0105. The molecule has 0 fully saturated rings. The SMILES string of the molecule is C=CCN(c1ccc(Cl)c(C(=O)OC)c1)S(=O)(=O)c1ccc(OC)cc1. The fourth-order valence-corrected chi connectivity index (χ4v) is 3.89. The van der Waals surface area contributed by atoms with Crippen LogP contribution in [-0.4, -0.2) is 35.2 Å². The zero-order valence-corrected chi connectivity index (χ0v) is 15.9. The molecule has 0 atom stereocenters. The fraction of sp³-hybridized carbons (Fsp3) is 0.167. The van der Waals surface area contributed by atoms with Crippen LogP contribution in [0.4, 0.5) is 5.69 Å². The Morgan fingerprint density at radius 1 is 1.19 bits per heavy atom. The lowest BCUT2D eigenvalue weighted by Gasteiger charge is -2.24. The topological polar surface area (TPSA) is 72.9 Å². The lowest BCUT2D eigenvalue weighted by molar-refractivity contribution is 0.0601. The van der Waals surface area contributed by atoms with Crippen LogP contribution in [0.1, 0.15) is 10.4 Å². The molecule has 2 aromatic rings. The van der Waals surface area contributed by atoms with Crippen molar-refractivity contribution in [2.75, 3.05) is 25.1 Å². The molecule has 6 nitrogen and oxygen atoms in total. The van der Waals surface area contributed by atoms with Gasteiger partial charge < -0.3 is 9.47 Å². The summed E-state index contributed by atoms with van der Waals surface area (Å²) in [4.78, 5) is 11.9. The summed E-state index contributed by atoms with van der Waals surface area (Å²) in [6.45, 7) is 3.62. The minimum atomic E-state index is -3.89.